The van der Waals surface area contributed by atoms with Gasteiger partial charge >= 0.3 is 0 Å². The van der Waals surface area contributed by atoms with Gasteiger partial charge in [-0.3, -0.25) is 9.78 Å². The summed E-state index contributed by atoms with van der Waals surface area (Å²) in [5, 5.41) is 0.498. The quantitative estimate of drug-likeness (QED) is 0.851. The summed E-state index contributed by atoms with van der Waals surface area (Å²) in [6.07, 6.45) is 5.85. The summed E-state index contributed by atoms with van der Waals surface area (Å²) in [5.41, 5.74) is 6.67. The van der Waals surface area contributed by atoms with E-state index in [1.54, 1.807) is 18.2 Å². The maximum atomic E-state index is 12.1. The van der Waals surface area contributed by atoms with E-state index < -0.39 is 0 Å². The molecule has 1 aliphatic carbocycles. The smallest absolute Gasteiger partial charge is 0.297 e. The first-order valence-electron chi connectivity index (χ1n) is 7.62. The van der Waals surface area contributed by atoms with Crippen LogP contribution in [0.25, 0.3) is 10.9 Å². The summed E-state index contributed by atoms with van der Waals surface area (Å²) < 4.78 is 5.91. The lowest BCUT2D eigenvalue weighted by Crippen LogP contribution is -2.26. The molecule has 0 bridgehead atoms. The molecule has 1 aromatic carbocycles. The molecule has 5 heteroatoms. The normalized spacial score (nSPS) is 22.3. The van der Waals surface area contributed by atoms with E-state index in [1.165, 1.54) is 19.3 Å². The first-order chi connectivity index (χ1) is 10.2. The van der Waals surface area contributed by atoms with Crippen LogP contribution in [-0.2, 0) is 0 Å². The standard InChI is InChI=1S/C16H21N3O2/c1-2-10-4-3-5-12(8-10)21-16-18-14-7-6-11(17)9-13(14)15(20)19-16/h6-7,9-10,12H,2-5,8,17H2,1H3,(H,18,19,20). The molecule has 2 aromatic rings. The third kappa shape index (κ3) is 3.01. The molecule has 1 heterocycles. The Labute approximate surface area is 123 Å². The molecular weight excluding hydrogens is 266 g/mol. The van der Waals surface area contributed by atoms with Crippen molar-refractivity contribution in [1.29, 1.82) is 0 Å². The molecule has 2 unspecified atom stereocenters. The van der Waals surface area contributed by atoms with Crippen molar-refractivity contribution in [2.75, 3.05) is 5.73 Å². The van der Waals surface area contributed by atoms with Crippen molar-refractivity contribution in [1.82, 2.24) is 9.97 Å². The average Bonchev–Trinajstić information content (AvgIpc) is 2.48. The van der Waals surface area contributed by atoms with Crippen LogP contribution in [-0.4, -0.2) is 16.1 Å². The Hall–Kier alpha value is -2.04. The summed E-state index contributed by atoms with van der Waals surface area (Å²) in [4.78, 5) is 19.2. The van der Waals surface area contributed by atoms with Crippen LogP contribution in [0.3, 0.4) is 0 Å². The van der Waals surface area contributed by atoms with E-state index in [-0.39, 0.29) is 11.7 Å². The largest absolute Gasteiger partial charge is 0.461 e. The van der Waals surface area contributed by atoms with Gasteiger partial charge in [-0.25, -0.2) is 0 Å². The number of nitrogens with two attached hydrogens (primary N) is 1. The Morgan fingerprint density at radius 1 is 1.43 bits per heavy atom. The van der Waals surface area contributed by atoms with Gasteiger partial charge in [0.25, 0.3) is 11.6 Å². The molecule has 1 aliphatic rings. The lowest BCUT2D eigenvalue weighted by molar-refractivity contribution is 0.112. The average molecular weight is 287 g/mol. The van der Waals surface area contributed by atoms with Crippen molar-refractivity contribution >= 4 is 16.6 Å². The van der Waals surface area contributed by atoms with Crippen LogP contribution in [0.15, 0.2) is 23.0 Å². The van der Waals surface area contributed by atoms with Crippen molar-refractivity contribution < 1.29 is 4.74 Å². The fourth-order valence-electron chi connectivity index (χ4n) is 3.07. The highest BCUT2D eigenvalue weighted by Gasteiger charge is 2.22. The minimum atomic E-state index is -0.204. The lowest BCUT2D eigenvalue weighted by Gasteiger charge is -2.28. The number of nitrogens with zero attached hydrogens (tertiary/aromatic N) is 1. The fourth-order valence-corrected chi connectivity index (χ4v) is 3.07. The molecule has 0 amide bonds. The number of rotatable bonds is 3. The van der Waals surface area contributed by atoms with Crippen molar-refractivity contribution in [3.63, 3.8) is 0 Å². The maximum absolute atomic E-state index is 12.1. The van der Waals surface area contributed by atoms with Crippen LogP contribution in [0.1, 0.15) is 39.0 Å². The molecule has 3 rings (SSSR count). The van der Waals surface area contributed by atoms with E-state index in [4.69, 9.17) is 10.5 Å². The highest BCUT2D eigenvalue weighted by Crippen LogP contribution is 2.28. The van der Waals surface area contributed by atoms with Gasteiger partial charge in [0.05, 0.1) is 10.9 Å². The van der Waals surface area contributed by atoms with Gasteiger partial charge in [-0.05, 0) is 43.4 Å². The van der Waals surface area contributed by atoms with Crippen LogP contribution in [0.5, 0.6) is 6.01 Å². The number of hydrogen-bond donors (Lipinski definition) is 2. The number of ether oxygens (including phenoxy) is 1. The SMILES string of the molecule is CCC1CCCC(Oc2nc3ccc(N)cc3c(=O)[nH]2)C1. The molecule has 2 atom stereocenters. The zero-order chi connectivity index (χ0) is 14.8. The van der Waals surface area contributed by atoms with E-state index in [0.717, 1.165) is 18.8 Å². The van der Waals surface area contributed by atoms with Crippen molar-refractivity contribution in [3.8, 4) is 6.01 Å². The topological polar surface area (TPSA) is 81.0 Å². The van der Waals surface area contributed by atoms with E-state index in [9.17, 15) is 4.79 Å². The number of anilines is 1. The van der Waals surface area contributed by atoms with Crippen molar-refractivity contribution in [2.45, 2.75) is 45.1 Å². The summed E-state index contributed by atoms with van der Waals surface area (Å²) in [7, 11) is 0. The molecule has 0 radical (unpaired) electrons. The molecule has 112 valence electrons. The molecule has 0 spiro atoms. The van der Waals surface area contributed by atoms with Gasteiger partial charge in [0, 0.05) is 5.69 Å². The van der Waals surface area contributed by atoms with Gasteiger partial charge < -0.3 is 10.5 Å². The summed E-state index contributed by atoms with van der Waals surface area (Å²) in [5.74, 6) is 0.718. The van der Waals surface area contributed by atoms with E-state index in [1.807, 2.05) is 0 Å². The van der Waals surface area contributed by atoms with E-state index >= 15 is 0 Å². The Morgan fingerprint density at radius 2 is 2.29 bits per heavy atom. The summed E-state index contributed by atoms with van der Waals surface area (Å²) >= 11 is 0. The number of hydrogen-bond acceptors (Lipinski definition) is 4. The van der Waals surface area contributed by atoms with Gasteiger partial charge in [-0.1, -0.05) is 19.8 Å². The van der Waals surface area contributed by atoms with Gasteiger partial charge in [0.15, 0.2) is 0 Å². The Morgan fingerprint density at radius 3 is 3.10 bits per heavy atom. The zero-order valence-corrected chi connectivity index (χ0v) is 12.3. The zero-order valence-electron chi connectivity index (χ0n) is 12.3. The molecule has 1 aromatic heterocycles. The van der Waals surface area contributed by atoms with Crippen molar-refractivity contribution in [3.05, 3.63) is 28.6 Å². The second-order valence-corrected chi connectivity index (χ2v) is 5.83. The van der Waals surface area contributed by atoms with Gasteiger partial charge in [0.1, 0.15) is 6.10 Å². The lowest BCUT2D eigenvalue weighted by atomic mass is 9.85. The van der Waals surface area contributed by atoms with Gasteiger partial charge in [-0.15, -0.1) is 0 Å². The number of fused-ring (bicyclic) bond motifs is 1. The number of H-pyrrole nitrogens is 1. The molecule has 0 saturated heterocycles. The first-order valence-corrected chi connectivity index (χ1v) is 7.62. The molecule has 1 fully saturated rings. The predicted molar refractivity (Wildman–Crippen MR) is 83.4 cm³/mol. The number of benzene rings is 1. The minimum absolute atomic E-state index is 0.151. The Balaban J connectivity index is 1.84. The highest BCUT2D eigenvalue weighted by molar-refractivity contribution is 5.81. The molecular formula is C16H21N3O2. The molecule has 21 heavy (non-hydrogen) atoms. The molecule has 5 nitrogen and oxygen atoms in total. The molecule has 1 saturated carbocycles. The van der Waals surface area contributed by atoms with Crippen LogP contribution in [0.4, 0.5) is 5.69 Å². The number of nitrogens with one attached hydrogen (secondary N) is 1. The Kier molecular flexibility index (Phi) is 3.82. The highest BCUT2D eigenvalue weighted by atomic mass is 16.5. The number of aromatic nitrogens is 2. The van der Waals surface area contributed by atoms with Crippen LogP contribution in [0, 0.1) is 5.92 Å². The maximum Gasteiger partial charge on any atom is 0.297 e. The van der Waals surface area contributed by atoms with E-state index in [2.05, 4.69) is 16.9 Å². The predicted octanol–water partition coefficient (Wildman–Crippen LogP) is 2.85. The summed E-state index contributed by atoms with van der Waals surface area (Å²) in [6, 6.07) is 5.45. The Bertz CT molecular complexity index is 695. The summed E-state index contributed by atoms with van der Waals surface area (Å²) in [6.45, 7) is 2.22. The van der Waals surface area contributed by atoms with Crippen LogP contribution in [0.2, 0.25) is 0 Å². The third-order valence-corrected chi connectivity index (χ3v) is 4.30. The monoisotopic (exact) mass is 287 g/mol. The number of nitrogen functional groups attached to an aromatic ring is 1. The second kappa shape index (κ2) is 5.76. The van der Waals surface area contributed by atoms with Crippen LogP contribution >= 0.6 is 0 Å². The van der Waals surface area contributed by atoms with Gasteiger partial charge in [-0.2, -0.15) is 4.98 Å². The second-order valence-electron chi connectivity index (χ2n) is 5.83. The van der Waals surface area contributed by atoms with Crippen LogP contribution < -0.4 is 16.0 Å². The molecule has 3 N–H and O–H groups in total. The fraction of sp³-hybridized carbons (Fsp3) is 0.500. The van der Waals surface area contributed by atoms with Crippen molar-refractivity contribution in [2.24, 2.45) is 5.92 Å². The number of aromatic amines is 1. The van der Waals surface area contributed by atoms with Gasteiger partial charge in [0.2, 0.25) is 0 Å². The minimum Gasteiger partial charge on any atom is -0.461 e. The third-order valence-electron chi connectivity index (χ3n) is 4.30. The first kappa shape index (κ1) is 13.9. The molecule has 0 aliphatic heterocycles. The van der Waals surface area contributed by atoms with E-state index in [0.29, 0.717) is 22.6 Å².